The molecular formula is C16H27N3O. The van der Waals surface area contributed by atoms with Crippen molar-refractivity contribution in [2.45, 2.75) is 52.8 Å². The molecule has 1 aromatic rings. The van der Waals surface area contributed by atoms with Crippen molar-refractivity contribution < 1.29 is 4.74 Å². The van der Waals surface area contributed by atoms with Crippen LogP contribution >= 0.6 is 0 Å². The molecule has 0 amide bonds. The van der Waals surface area contributed by atoms with E-state index in [1.807, 2.05) is 12.1 Å². The Balaban J connectivity index is 2.65. The van der Waals surface area contributed by atoms with Crippen molar-refractivity contribution in [2.24, 2.45) is 10.7 Å². The third-order valence-corrected chi connectivity index (χ3v) is 2.65. The predicted molar refractivity (Wildman–Crippen MR) is 84.6 cm³/mol. The van der Waals surface area contributed by atoms with Gasteiger partial charge in [-0.25, -0.2) is 4.99 Å². The zero-order valence-electron chi connectivity index (χ0n) is 13.1. The van der Waals surface area contributed by atoms with Crippen LogP contribution in [0.4, 0.5) is 0 Å². The molecule has 0 unspecified atom stereocenters. The van der Waals surface area contributed by atoms with E-state index in [0.717, 1.165) is 18.6 Å². The number of nitrogens with zero attached hydrogens (tertiary/aromatic N) is 1. The first-order valence-corrected chi connectivity index (χ1v) is 7.15. The minimum atomic E-state index is -0.0721. The lowest BCUT2D eigenvalue weighted by Crippen LogP contribution is -2.45. The van der Waals surface area contributed by atoms with E-state index in [0.29, 0.717) is 19.1 Å². The number of guanidine groups is 1. The Bertz CT molecular complexity index is 436. The lowest BCUT2D eigenvalue weighted by Gasteiger charge is -2.21. The maximum Gasteiger partial charge on any atom is 0.189 e. The number of aliphatic imine (C=N–C) groups is 1. The fourth-order valence-electron chi connectivity index (χ4n) is 1.77. The van der Waals surface area contributed by atoms with Crippen molar-refractivity contribution in [3.05, 3.63) is 35.4 Å². The molecule has 112 valence electrons. The van der Waals surface area contributed by atoms with E-state index in [2.05, 4.69) is 50.1 Å². The molecule has 1 rings (SSSR count). The summed E-state index contributed by atoms with van der Waals surface area (Å²) >= 11 is 0. The molecular weight excluding hydrogens is 250 g/mol. The van der Waals surface area contributed by atoms with Crippen molar-refractivity contribution in [2.75, 3.05) is 6.61 Å². The largest absolute Gasteiger partial charge is 0.377 e. The van der Waals surface area contributed by atoms with Gasteiger partial charge in [0.05, 0.1) is 13.2 Å². The molecule has 0 fully saturated rings. The van der Waals surface area contributed by atoms with Crippen LogP contribution in [-0.4, -0.2) is 18.1 Å². The Morgan fingerprint density at radius 1 is 1.25 bits per heavy atom. The van der Waals surface area contributed by atoms with Crippen LogP contribution in [0.3, 0.4) is 0 Å². The Labute approximate surface area is 122 Å². The van der Waals surface area contributed by atoms with Gasteiger partial charge in [-0.3, -0.25) is 0 Å². The second-order valence-corrected chi connectivity index (χ2v) is 5.90. The van der Waals surface area contributed by atoms with Gasteiger partial charge in [0.2, 0.25) is 0 Å². The number of benzene rings is 1. The molecule has 0 aliphatic rings. The summed E-state index contributed by atoms with van der Waals surface area (Å²) in [6.45, 7) is 10.3. The zero-order chi connectivity index (χ0) is 15.0. The summed E-state index contributed by atoms with van der Waals surface area (Å²) < 4.78 is 5.60. The van der Waals surface area contributed by atoms with Gasteiger partial charge in [0, 0.05) is 12.1 Å². The number of nitrogens with one attached hydrogen (secondary N) is 1. The first-order chi connectivity index (χ1) is 9.42. The topological polar surface area (TPSA) is 59.6 Å². The summed E-state index contributed by atoms with van der Waals surface area (Å²) in [7, 11) is 0. The fourth-order valence-corrected chi connectivity index (χ4v) is 1.77. The highest BCUT2D eigenvalue weighted by Gasteiger charge is 2.09. The molecule has 0 bridgehead atoms. The smallest absolute Gasteiger partial charge is 0.189 e. The number of hydrogen-bond acceptors (Lipinski definition) is 2. The molecule has 0 radical (unpaired) electrons. The van der Waals surface area contributed by atoms with Gasteiger partial charge in [0.25, 0.3) is 0 Å². The number of ether oxygens (including phenoxy) is 1. The normalized spacial score (nSPS) is 12.5. The van der Waals surface area contributed by atoms with Gasteiger partial charge in [0.15, 0.2) is 5.96 Å². The van der Waals surface area contributed by atoms with Crippen molar-refractivity contribution in [3.63, 3.8) is 0 Å². The first kappa shape index (κ1) is 16.5. The summed E-state index contributed by atoms with van der Waals surface area (Å²) in [6.07, 6.45) is 1.03. The summed E-state index contributed by atoms with van der Waals surface area (Å²) in [5.41, 5.74) is 8.14. The summed E-state index contributed by atoms with van der Waals surface area (Å²) in [5, 5.41) is 3.16. The number of rotatable bonds is 6. The van der Waals surface area contributed by atoms with E-state index in [4.69, 9.17) is 10.5 Å². The highest BCUT2D eigenvalue weighted by Crippen LogP contribution is 2.11. The highest BCUT2D eigenvalue weighted by molar-refractivity contribution is 5.78. The van der Waals surface area contributed by atoms with E-state index in [-0.39, 0.29) is 5.54 Å². The van der Waals surface area contributed by atoms with Crippen molar-refractivity contribution in [3.8, 4) is 0 Å². The van der Waals surface area contributed by atoms with Crippen LogP contribution in [0.5, 0.6) is 0 Å². The van der Waals surface area contributed by atoms with Gasteiger partial charge in [0.1, 0.15) is 0 Å². The lowest BCUT2D eigenvalue weighted by atomic mass is 10.1. The van der Waals surface area contributed by atoms with Gasteiger partial charge in [-0.15, -0.1) is 0 Å². The van der Waals surface area contributed by atoms with E-state index in [9.17, 15) is 0 Å². The molecule has 4 nitrogen and oxygen atoms in total. The molecule has 0 aromatic heterocycles. The standard InChI is InChI=1S/C16H27N3O/c1-5-10-20-12-14-9-7-6-8-13(14)11-18-15(17)19-16(2,3)4/h6-9H,5,10-12H2,1-4H3,(H3,17,18,19). The summed E-state index contributed by atoms with van der Waals surface area (Å²) in [5.74, 6) is 0.474. The molecule has 0 saturated heterocycles. The van der Waals surface area contributed by atoms with Crippen LogP contribution in [0.2, 0.25) is 0 Å². The summed E-state index contributed by atoms with van der Waals surface area (Å²) in [6, 6.07) is 8.18. The van der Waals surface area contributed by atoms with Crippen molar-refractivity contribution in [1.82, 2.24) is 5.32 Å². The van der Waals surface area contributed by atoms with Crippen LogP contribution in [0.25, 0.3) is 0 Å². The maximum atomic E-state index is 5.89. The molecule has 0 heterocycles. The van der Waals surface area contributed by atoms with Gasteiger partial charge in [-0.1, -0.05) is 31.2 Å². The second kappa shape index (κ2) is 7.90. The van der Waals surface area contributed by atoms with Gasteiger partial charge in [-0.2, -0.15) is 0 Å². The number of hydrogen-bond donors (Lipinski definition) is 2. The number of nitrogens with two attached hydrogens (primary N) is 1. The lowest BCUT2D eigenvalue weighted by molar-refractivity contribution is 0.121. The SMILES string of the molecule is CCCOCc1ccccc1CN=C(N)NC(C)(C)C. The Morgan fingerprint density at radius 3 is 2.50 bits per heavy atom. The van der Waals surface area contributed by atoms with E-state index < -0.39 is 0 Å². The van der Waals surface area contributed by atoms with Crippen LogP contribution in [0, 0.1) is 0 Å². The third kappa shape index (κ3) is 6.57. The molecule has 4 heteroatoms. The van der Waals surface area contributed by atoms with Crippen LogP contribution < -0.4 is 11.1 Å². The minimum absolute atomic E-state index is 0.0721. The van der Waals surface area contributed by atoms with E-state index >= 15 is 0 Å². The summed E-state index contributed by atoms with van der Waals surface area (Å²) in [4.78, 5) is 4.40. The van der Waals surface area contributed by atoms with E-state index in [1.165, 1.54) is 5.56 Å². The molecule has 0 atom stereocenters. The van der Waals surface area contributed by atoms with Gasteiger partial charge >= 0.3 is 0 Å². The molecule has 0 aliphatic heterocycles. The Hall–Kier alpha value is -1.55. The van der Waals surface area contributed by atoms with Crippen molar-refractivity contribution >= 4 is 5.96 Å². The van der Waals surface area contributed by atoms with Crippen molar-refractivity contribution in [1.29, 1.82) is 0 Å². The second-order valence-electron chi connectivity index (χ2n) is 5.90. The van der Waals surface area contributed by atoms with E-state index in [1.54, 1.807) is 0 Å². The average molecular weight is 277 g/mol. The monoisotopic (exact) mass is 277 g/mol. The first-order valence-electron chi connectivity index (χ1n) is 7.15. The van der Waals surface area contributed by atoms with Gasteiger partial charge in [-0.05, 0) is 38.3 Å². The quantitative estimate of drug-likeness (QED) is 0.477. The van der Waals surface area contributed by atoms with Crippen LogP contribution in [0.15, 0.2) is 29.3 Å². The predicted octanol–water partition coefficient (Wildman–Crippen LogP) is 2.82. The molecule has 20 heavy (non-hydrogen) atoms. The molecule has 1 aromatic carbocycles. The Kier molecular flexibility index (Phi) is 6.52. The van der Waals surface area contributed by atoms with Crippen LogP contribution in [0.1, 0.15) is 45.2 Å². The molecule has 0 spiro atoms. The minimum Gasteiger partial charge on any atom is -0.377 e. The molecule has 0 saturated carbocycles. The molecule has 0 aliphatic carbocycles. The van der Waals surface area contributed by atoms with Gasteiger partial charge < -0.3 is 15.8 Å². The fraction of sp³-hybridized carbons (Fsp3) is 0.562. The highest BCUT2D eigenvalue weighted by atomic mass is 16.5. The Morgan fingerprint density at radius 2 is 1.90 bits per heavy atom. The maximum absolute atomic E-state index is 5.89. The zero-order valence-corrected chi connectivity index (χ0v) is 13.1. The average Bonchev–Trinajstić information content (AvgIpc) is 2.36. The third-order valence-electron chi connectivity index (χ3n) is 2.65. The molecule has 3 N–H and O–H groups in total. The van der Waals surface area contributed by atoms with Crippen LogP contribution in [-0.2, 0) is 17.9 Å².